The maximum atomic E-state index is 12.0. The second-order valence-corrected chi connectivity index (χ2v) is 7.24. The van der Waals surface area contributed by atoms with Crippen molar-refractivity contribution in [1.29, 1.82) is 0 Å². The molecule has 0 fully saturated rings. The van der Waals surface area contributed by atoms with E-state index in [0.717, 1.165) is 40.7 Å². The molecule has 152 valence electrons. The van der Waals surface area contributed by atoms with E-state index in [4.69, 9.17) is 9.47 Å². The number of carbonyl (C=O) groups excluding carboxylic acids is 1. The summed E-state index contributed by atoms with van der Waals surface area (Å²) in [5, 5.41) is 1.09. The number of hydrogen-bond acceptors (Lipinski definition) is 3. The lowest BCUT2D eigenvalue weighted by molar-refractivity contribution is 0.0505. The van der Waals surface area contributed by atoms with Gasteiger partial charge in [-0.2, -0.15) is 0 Å². The van der Waals surface area contributed by atoms with Crippen molar-refractivity contribution in [2.75, 3.05) is 6.61 Å². The quantitative estimate of drug-likeness (QED) is 0.350. The fourth-order valence-electron chi connectivity index (χ4n) is 3.42. The van der Waals surface area contributed by atoms with Crippen LogP contribution in [0.25, 0.3) is 10.9 Å². The zero-order valence-corrected chi connectivity index (χ0v) is 17.1. The van der Waals surface area contributed by atoms with Gasteiger partial charge in [0.25, 0.3) is 0 Å². The van der Waals surface area contributed by atoms with Gasteiger partial charge in [-0.05, 0) is 47.9 Å². The molecule has 1 aromatic heterocycles. The first-order valence-corrected chi connectivity index (χ1v) is 10.3. The summed E-state index contributed by atoms with van der Waals surface area (Å²) in [4.78, 5) is 12.0. The molecule has 4 nitrogen and oxygen atoms in total. The Bertz CT molecular complexity index is 1110. The van der Waals surface area contributed by atoms with Crippen LogP contribution in [0.15, 0.2) is 85.1 Å². The van der Waals surface area contributed by atoms with E-state index in [0.29, 0.717) is 18.8 Å². The van der Waals surface area contributed by atoms with Crippen molar-refractivity contribution >= 4 is 16.9 Å². The smallest absolute Gasteiger partial charge is 0.338 e. The van der Waals surface area contributed by atoms with Gasteiger partial charge in [0.05, 0.1) is 17.7 Å². The molecule has 0 N–H and O–H groups in total. The Balaban J connectivity index is 1.48. The second kappa shape index (κ2) is 9.31. The predicted octanol–water partition coefficient (Wildman–Crippen LogP) is 5.84. The fraction of sp³-hybridized carbons (Fsp3) is 0.192. The van der Waals surface area contributed by atoms with Crippen molar-refractivity contribution in [3.05, 3.63) is 102 Å². The van der Waals surface area contributed by atoms with Gasteiger partial charge in [0.2, 0.25) is 0 Å². The second-order valence-electron chi connectivity index (χ2n) is 7.24. The van der Waals surface area contributed by atoms with E-state index in [9.17, 15) is 4.79 Å². The highest BCUT2D eigenvalue weighted by atomic mass is 16.5. The Labute approximate surface area is 176 Å². The topological polar surface area (TPSA) is 40.5 Å². The number of esters is 1. The molecule has 0 spiro atoms. The summed E-state index contributed by atoms with van der Waals surface area (Å²) in [6, 6.07) is 26.0. The minimum Gasteiger partial charge on any atom is -0.488 e. The van der Waals surface area contributed by atoms with E-state index in [1.165, 1.54) is 0 Å². The standard InChI is InChI=1S/C26H25NO3/c1-2-17-29-26(28)22-13-11-20(12-14-22)18-27-16-15-23-24(27)9-6-10-25(23)30-19-21-7-4-3-5-8-21/h3-16H,2,17-19H2,1H3. The van der Waals surface area contributed by atoms with Crippen LogP contribution in [0.4, 0.5) is 0 Å². The lowest BCUT2D eigenvalue weighted by Gasteiger charge is -2.10. The molecule has 30 heavy (non-hydrogen) atoms. The van der Waals surface area contributed by atoms with Gasteiger partial charge in [0, 0.05) is 18.1 Å². The molecule has 0 amide bonds. The van der Waals surface area contributed by atoms with Crippen molar-refractivity contribution in [3.63, 3.8) is 0 Å². The van der Waals surface area contributed by atoms with Crippen LogP contribution in [0.5, 0.6) is 5.75 Å². The highest BCUT2D eigenvalue weighted by Crippen LogP contribution is 2.28. The first-order chi connectivity index (χ1) is 14.7. The lowest BCUT2D eigenvalue weighted by Crippen LogP contribution is -2.06. The van der Waals surface area contributed by atoms with Gasteiger partial charge >= 0.3 is 5.97 Å². The van der Waals surface area contributed by atoms with Gasteiger partial charge in [-0.25, -0.2) is 4.79 Å². The number of carbonyl (C=O) groups is 1. The van der Waals surface area contributed by atoms with Crippen LogP contribution >= 0.6 is 0 Å². The summed E-state index contributed by atoms with van der Waals surface area (Å²) < 4.78 is 13.5. The molecule has 0 aliphatic carbocycles. The largest absolute Gasteiger partial charge is 0.488 e. The highest BCUT2D eigenvalue weighted by molar-refractivity contribution is 5.89. The third-order valence-electron chi connectivity index (χ3n) is 4.99. The van der Waals surface area contributed by atoms with Gasteiger partial charge in [-0.3, -0.25) is 0 Å². The zero-order valence-electron chi connectivity index (χ0n) is 17.1. The van der Waals surface area contributed by atoms with Crippen LogP contribution in [-0.2, 0) is 17.9 Å². The van der Waals surface area contributed by atoms with E-state index in [-0.39, 0.29) is 5.97 Å². The first-order valence-electron chi connectivity index (χ1n) is 10.3. The molecular weight excluding hydrogens is 374 g/mol. The highest BCUT2D eigenvalue weighted by Gasteiger charge is 2.09. The van der Waals surface area contributed by atoms with Crippen LogP contribution in [0, 0.1) is 0 Å². The van der Waals surface area contributed by atoms with Crippen molar-refractivity contribution < 1.29 is 14.3 Å². The number of nitrogens with zero attached hydrogens (tertiary/aromatic N) is 1. The third-order valence-corrected chi connectivity index (χ3v) is 4.99. The molecule has 0 unspecified atom stereocenters. The van der Waals surface area contributed by atoms with E-state index in [2.05, 4.69) is 35.0 Å². The molecule has 0 saturated carbocycles. The summed E-state index contributed by atoms with van der Waals surface area (Å²) >= 11 is 0. The molecule has 0 aliphatic rings. The minimum absolute atomic E-state index is 0.268. The normalized spacial score (nSPS) is 10.8. The number of ether oxygens (including phenoxy) is 2. The van der Waals surface area contributed by atoms with Crippen LogP contribution in [-0.4, -0.2) is 17.1 Å². The molecule has 0 saturated heterocycles. The van der Waals surface area contributed by atoms with Gasteiger partial charge in [0.15, 0.2) is 0 Å². The number of rotatable bonds is 8. The molecule has 4 rings (SSSR count). The van der Waals surface area contributed by atoms with Crippen LogP contribution in [0.3, 0.4) is 0 Å². The summed E-state index contributed by atoms with van der Waals surface area (Å²) in [7, 11) is 0. The molecule has 0 aliphatic heterocycles. The zero-order chi connectivity index (χ0) is 20.8. The average Bonchev–Trinajstić information content (AvgIpc) is 3.20. The molecule has 4 heteroatoms. The summed E-state index contributed by atoms with van der Waals surface area (Å²) in [5.41, 5.74) is 3.97. The van der Waals surface area contributed by atoms with Crippen molar-refractivity contribution in [1.82, 2.24) is 4.57 Å². The number of fused-ring (bicyclic) bond motifs is 1. The van der Waals surface area contributed by atoms with Crippen LogP contribution in [0.2, 0.25) is 0 Å². The number of hydrogen-bond donors (Lipinski definition) is 0. The Morgan fingerprint density at radius 2 is 1.67 bits per heavy atom. The fourth-order valence-corrected chi connectivity index (χ4v) is 3.42. The Hall–Kier alpha value is -3.53. The Morgan fingerprint density at radius 1 is 0.867 bits per heavy atom. The van der Waals surface area contributed by atoms with Gasteiger partial charge in [-0.1, -0.05) is 55.5 Å². The lowest BCUT2D eigenvalue weighted by atomic mass is 10.1. The van der Waals surface area contributed by atoms with Gasteiger partial charge in [0.1, 0.15) is 12.4 Å². The van der Waals surface area contributed by atoms with E-state index < -0.39 is 0 Å². The van der Waals surface area contributed by atoms with Crippen molar-refractivity contribution in [3.8, 4) is 5.75 Å². The Morgan fingerprint density at radius 3 is 2.43 bits per heavy atom. The van der Waals surface area contributed by atoms with Crippen LogP contribution < -0.4 is 4.74 Å². The molecule has 0 radical (unpaired) electrons. The number of aromatic nitrogens is 1. The summed E-state index contributed by atoms with van der Waals surface area (Å²) in [5.74, 6) is 0.610. The molecular formula is C26H25NO3. The molecule has 0 bridgehead atoms. The monoisotopic (exact) mass is 399 g/mol. The Kier molecular flexibility index (Phi) is 6.14. The average molecular weight is 399 g/mol. The van der Waals surface area contributed by atoms with Crippen LogP contribution in [0.1, 0.15) is 34.8 Å². The molecule has 0 atom stereocenters. The van der Waals surface area contributed by atoms with E-state index >= 15 is 0 Å². The summed E-state index contributed by atoms with van der Waals surface area (Å²) in [6.45, 7) is 3.69. The van der Waals surface area contributed by atoms with Gasteiger partial charge in [-0.15, -0.1) is 0 Å². The SMILES string of the molecule is CCCOC(=O)c1ccc(Cn2ccc3c(OCc4ccccc4)cccc32)cc1. The minimum atomic E-state index is -0.268. The number of benzene rings is 3. The van der Waals surface area contributed by atoms with Crippen molar-refractivity contribution in [2.45, 2.75) is 26.5 Å². The molecule has 3 aromatic carbocycles. The first kappa shape index (κ1) is 19.8. The van der Waals surface area contributed by atoms with Crippen molar-refractivity contribution in [2.24, 2.45) is 0 Å². The van der Waals surface area contributed by atoms with E-state index in [1.807, 2.05) is 61.5 Å². The molecule has 1 heterocycles. The predicted molar refractivity (Wildman–Crippen MR) is 119 cm³/mol. The summed E-state index contributed by atoms with van der Waals surface area (Å²) in [6.07, 6.45) is 2.89. The maximum Gasteiger partial charge on any atom is 0.338 e. The molecule has 4 aromatic rings. The maximum absolute atomic E-state index is 12.0. The van der Waals surface area contributed by atoms with Gasteiger partial charge < -0.3 is 14.0 Å². The third kappa shape index (κ3) is 4.54. The van der Waals surface area contributed by atoms with E-state index in [1.54, 1.807) is 0 Å².